The van der Waals surface area contributed by atoms with Crippen LogP contribution < -0.4 is 9.47 Å². The van der Waals surface area contributed by atoms with Crippen LogP contribution in [0.3, 0.4) is 0 Å². The number of carboxylic acids is 1. The molecule has 0 radical (unpaired) electrons. The molecule has 24 heavy (non-hydrogen) atoms. The maximum Gasteiger partial charge on any atom is 0.372 e. The van der Waals surface area contributed by atoms with Crippen molar-refractivity contribution in [1.82, 2.24) is 0 Å². The molecule has 1 aliphatic heterocycles. The first-order chi connectivity index (χ1) is 11.5. The third kappa shape index (κ3) is 3.27. The molecule has 2 aromatic carbocycles. The lowest BCUT2D eigenvalue weighted by Crippen LogP contribution is -2.17. The van der Waals surface area contributed by atoms with E-state index in [1.165, 1.54) is 0 Å². The highest BCUT2D eigenvalue weighted by atomic mass is 16.7. The molecule has 0 unspecified atom stereocenters. The SMILES string of the molecule is O=C(O)C(=O)CC(=O)c1cc(Cc2ccccc2)cc2c1OCO2. The fraction of sp³-hybridized carbons (Fsp3) is 0.167. The summed E-state index contributed by atoms with van der Waals surface area (Å²) in [6.45, 7) is -0.0166. The Balaban J connectivity index is 1.92. The molecule has 0 aliphatic carbocycles. The average molecular weight is 326 g/mol. The predicted octanol–water partition coefficient (Wildman–Crippen LogP) is 2.23. The molecule has 0 spiro atoms. The van der Waals surface area contributed by atoms with E-state index in [2.05, 4.69) is 0 Å². The van der Waals surface area contributed by atoms with Gasteiger partial charge in [-0.05, 0) is 29.7 Å². The molecule has 1 aliphatic rings. The van der Waals surface area contributed by atoms with Crippen molar-refractivity contribution in [3.05, 3.63) is 59.2 Å². The lowest BCUT2D eigenvalue weighted by Gasteiger charge is -2.08. The molecular formula is C18H14O6. The molecule has 2 aromatic rings. The Hall–Kier alpha value is -3.15. The smallest absolute Gasteiger partial charge is 0.372 e. The van der Waals surface area contributed by atoms with Gasteiger partial charge in [0.2, 0.25) is 12.6 Å². The van der Waals surface area contributed by atoms with E-state index < -0.39 is 24.0 Å². The van der Waals surface area contributed by atoms with Gasteiger partial charge in [0.25, 0.3) is 0 Å². The molecular weight excluding hydrogens is 312 g/mol. The van der Waals surface area contributed by atoms with Crippen molar-refractivity contribution < 1.29 is 29.0 Å². The second-order valence-corrected chi connectivity index (χ2v) is 5.37. The lowest BCUT2D eigenvalue weighted by molar-refractivity contribution is -0.148. The monoisotopic (exact) mass is 326 g/mol. The summed E-state index contributed by atoms with van der Waals surface area (Å²) < 4.78 is 10.6. The van der Waals surface area contributed by atoms with E-state index in [1.54, 1.807) is 12.1 Å². The summed E-state index contributed by atoms with van der Waals surface area (Å²) in [6.07, 6.45) is -0.134. The predicted molar refractivity (Wildman–Crippen MR) is 83.4 cm³/mol. The lowest BCUT2D eigenvalue weighted by atomic mass is 9.98. The molecule has 0 fully saturated rings. The number of Topliss-reactive ketones (excluding diaryl/α,β-unsaturated/α-hetero) is 2. The number of ether oxygens (including phenoxy) is 2. The second kappa shape index (κ2) is 6.54. The van der Waals surface area contributed by atoms with E-state index in [9.17, 15) is 14.4 Å². The van der Waals surface area contributed by atoms with Gasteiger partial charge >= 0.3 is 5.97 Å². The van der Waals surface area contributed by atoms with Gasteiger partial charge in [0.05, 0.1) is 12.0 Å². The van der Waals surface area contributed by atoms with Crippen LogP contribution in [0.15, 0.2) is 42.5 Å². The molecule has 0 saturated carbocycles. The molecule has 0 aromatic heterocycles. The van der Waals surface area contributed by atoms with Crippen molar-refractivity contribution in [2.45, 2.75) is 12.8 Å². The number of fused-ring (bicyclic) bond motifs is 1. The zero-order valence-electron chi connectivity index (χ0n) is 12.7. The molecule has 0 bridgehead atoms. The highest BCUT2D eigenvalue weighted by molar-refractivity contribution is 6.37. The number of ketones is 2. The Morgan fingerprint density at radius 2 is 1.75 bits per heavy atom. The van der Waals surface area contributed by atoms with Crippen LogP contribution >= 0.6 is 0 Å². The van der Waals surface area contributed by atoms with Gasteiger partial charge in [-0.15, -0.1) is 0 Å². The fourth-order valence-corrected chi connectivity index (χ4v) is 2.52. The zero-order chi connectivity index (χ0) is 17.1. The average Bonchev–Trinajstić information content (AvgIpc) is 3.03. The van der Waals surface area contributed by atoms with E-state index in [-0.39, 0.29) is 18.1 Å². The summed E-state index contributed by atoms with van der Waals surface area (Å²) in [5.74, 6) is -2.69. The van der Waals surface area contributed by atoms with E-state index in [0.29, 0.717) is 12.2 Å². The third-order valence-electron chi connectivity index (χ3n) is 3.64. The van der Waals surface area contributed by atoms with E-state index in [0.717, 1.165) is 11.1 Å². The molecule has 0 atom stereocenters. The molecule has 1 N–H and O–H groups in total. The molecule has 0 amide bonds. The Kier molecular flexibility index (Phi) is 4.29. The highest BCUT2D eigenvalue weighted by Crippen LogP contribution is 2.38. The van der Waals surface area contributed by atoms with E-state index >= 15 is 0 Å². The van der Waals surface area contributed by atoms with Crippen molar-refractivity contribution in [2.24, 2.45) is 0 Å². The Labute approximate surface area is 137 Å². The Morgan fingerprint density at radius 1 is 1.00 bits per heavy atom. The standard InChI is InChI=1S/C18H14O6/c19-14(9-15(20)18(21)22)13-7-12(6-11-4-2-1-3-5-11)8-16-17(13)24-10-23-16/h1-5,7-8H,6,9-10H2,(H,21,22). The van der Waals surface area contributed by atoms with Crippen LogP contribution in [-0.2, 0) is 16.0 Å². The summed E-state index contributed by atoms with van der Waals surface area (Å²) in [4.78, 5) is 34.3. The van der Waals surface area contributed by atoms with Crippen LogP contribution in [0.5, 0.6) is 11.5 Å². The number of aliphatic carboxylic acids is 1. The van der Waals surface area contributed by atoms with Crippen LogP contribution in [0.4, 0.5) is 0 Å². The molecule has 6 heteroatoms. The highest BCUT2D eigenvalue weighted by Gasteiger charge is 2.26. The Bertz CT molecular complexity index is 810. The van der Waals surface area contributed by atoms with Gasteiger partial charge in [-0.2, -0.15) is 0 Å². The third-order valence-corrected chi connectivity index (χ3v) is 3.64. The van der Waals surface area contributed by atoms with Crippen LogP contribution in [0.2, 0.25) is 0 Å². The second-order valence-electron chi connectivity index (χ2n) is 5.37. The van der Waals surface area contributed by atoms with Crippen LogP contribution in [0.25, 0.3) is 0 Å². The molecule has 122 valence electrons. The normalized spacial score (nSPS) is 12.0. The maximum absolute atomic E-state index is 12.3. The van der Waals surface area contributed by atoms with Gasteiger partial charge in [0.1, 0.15) is 0 Å². The van der Waals surface area contributed by atoms with Crippen LogP contribution in [0, 0.1) is 0 Å². The fourth-order valence-electron chi connectivity index (χ4n) is 2.52. The quantitative estimate of drug-likeness (QED) is 0.497. The van der Waals surface area contributed by atoms with Gasteiger partial charge in [-0.3, -0.25) is 9.59 Å². The maximum atomic E-state index is 12.3. The zero-order valence-corrected chi connectivity index (χ0v) is 12.7. The summed E-state index contributed by atoms with van der Waals surface area (Å²) in [5, 5.41) is 8.66. The van der Waals surface area contributed by atoms with Gasteiger partial charge in [-0.25, -0.2) is 4.79 Å². The number of hydrogen-bond acceptors (Lipinski definition) is 5. The van der Waals surface area contributed by atoms with Crippen molar-refractivity contribution in [1.29, 1.82) is 0 Å². The molecule has 0 saturated heterocycles. The van der Waals surface area contributed by atoms with Crippen molar-refractivity contribution in [3.63, 3.8) is 0 Å². The number of rotatable bonds is 6. The first kappa shape index (κ1) is 15.7. The van der Waals surface area contributed by atoms with Gasteiger partial charge in [-0.1, -0.05) is 30.3 Å². The van der Waals surface area contributed by atoms with E-state index in [4.69, 9.17) is 14.6 Å². The number of hydrogen-bond donors (Lipinski definition) is 1. The largest absolute Gasteiger partial charge is 0.475 e. The summed E-state index contributed by atoms with van der Waals surface area (Å²) in [7, 11) is 0. The van der Waals surface area contributed by atoms with Gasteiger partial charge in [0.15, 0.2) is 17.3 Å². The summed E-state index contributed by atoms with van der Waals surface area (Å²) in [6, 6.07) is 13.1. The van der Waals surface area contributed by atoms with Crippen molar-refractivity contribution >= 4 is 17.5 Å². The number of benzene rings is 2. The van der Waals surface area contributed by atoms with Gasteiger partial charge < -0.3 is 14.6 Å². The van der Waals surface area contributed by atoms with E-state index in [1.807, 2.05) is 30.3 Å². The minimum Gasteiger partial charge on any atom is -0.475 e. The molecule has 6 nitrogen and oxygen atoms in total. The van der Waals surface area contributed by atoms with Crippen molar-refractivity contribution in [2.75, 3.05) is 6.79 Å². The number of carbonyl (C=O) groups is 3. The topological polar surface area (TPSA) is 89.9 Å². The Morgan fingerprint density at radius 3 is 2.46 bits per heavy atom. The summed E-state index contributed by atoms with van der Waals surface area (Å²) >= 11 is 0. The first-order valence-corrected chi connectivity index (χ1v) is 7.30. The van der Waals surface area contributed by atoms with Crippen LogP contribution in [0.1, 0.15) is 27.9 Å². The van der Waals surface area contributed by atoms with Crippen LogP contribution in [-0.4, -0.2) is 29.4 Å². The first-order valence-electron chi connectivity index (χ1n) is 7.30. The minimum absolute atomic E-state index is 0.0166. The molecule has 1 heterocycles. The van der Waals surface area contributed by atoms with Gasteiger partial charge in [0, 0.05) is 0 Å². The number of carboxylic acid groups (broad SMARTS) is 1. The molecule has 3 rings (SSSR count). The number of carbonyl (C=O) groups excluding carboxylic acids is 2. The van der Waals surface area contributed by atoms with Crippen molar-refractivity contribution in [3.8, 4) is 11.5 Å². The summed E-state index contributed by atoms with van der Waals surface area (Å²) in [5.41, 5.74) is 2.04. The minimum atomic E-state index is -1.63.